The topological polar surface area (TPSA) is 97.9 Å². The minimum atomic E-state index is -0.171. The molecule has 0 aliphatic heterocycles. The second-order valence-electron chi connectivity index (χ2n) is 6.08. The Balaban J connectivity index is 1.88. The summed E-state index contributed by atoms with van der Waals surface area (Å²) in [5.41, 5.74) is 0.781. The average molecular weight is 447 g/mol. The van der Waals surface area contributed by atoms with Crippen molar-refractivity contribution in [1.29, 1.82) is 0 Å². The lowest BCUT2D eigenvalue weighted by Gasteiger charge is -2.10. The van der Waals surface area contributed by atoms with Crippen LogP contribution in [0.4, 0.5) is 0 Å². The standard InChI is InChI=1S/C18H14N4O4S3/c1-19-15(23)9-13(28-19)11-5-3-7-21(25)17(11)27-18-12(6-4-8-22(18)26)14-10-16(24)20(2)29-14/h3-10H,1-2H3. The smallest absolute Gasteiger partial charge is 0.270 e. The predicted octanol–water partition coefficient (Wildman–Crippen LogP) is 1.96. The Morgan fingerprint density at radius 2 is 1.24 bits per heavy atom. The fraction of sp³-hybridized carbons (Fsp3) is 0.111. The maximum Gasteiger partial charge on any atom is 0.270 e. The summed E-state index contributed by atoms with van der Waals surface area (Å²) in [5.74, 6) is 0. The molecule has 4 aromatic heterocycles. The summed E-state index contributed by atoms with van der Waals surface area (Å²) in [7, 11) is 3.30. The van der Waals surface area contributed by atoms with Crippen molar-refractivity contribution in [2.24, 2.45) is 14.1 Å². The molecule has 0 radical (unpaired) electrons. The van der Waals surface area contributed by atoms with Crippen molar-refractivity contribution in [1.82, 2.24) is 7.91 Å². The third kappa shape index (κ3) is 3.59. The zero-order chi connectivity index (χ0) is 20.7. The van der Waals surface area contributed by atoms with E-state index < -0.39 is 0 Å². The maximum atomic E-state index is 12.6. The number of rotatable bonds is 4. The van der Waals surface area contributed by atoms with Crippen molar-refractivity contribution in [3.8, 4) is 20.9 Å². The lowest BCUT2D eigenvalue weighted by atomic mass is 10.2. The first kappa shape index (κ1) is 19.4. The number of aromatic nitrogens is 4. The monoisotopic (exact) mass is 446 g/mol. The molecule has 11 heteroatoms. The van der Waals surface area contributed by atoms with Crippen LogP contribution in [0.1, 0.15) is 0 Å². The summed E-state index contributed by atoms with van der Waals surface area (Å²) in [4.78, 5) is 25.0. The molecular weight excluding hydrogens is 432 g/mol. The van der Waals surface area contributed by atoms with Gasteiger partial charge in [-0.3, -0.25) is 17.5 Å². The van der Waals surface area contributed by atoms with Crippen LogP contribution >= 0.6 is 34.8 Å². The molecule has 0 atom stereocenters. The van der Waals surface area contributed by atoms with Crippen LogP contribution in [0.15, 0.2) is 68.4 Å². The lowest BCUT2D eigenvalue weighted by Crippen LogP contribution is -2.32. The zero-order valence-corrected chi connectivity index (χ0v) is 17.7. The average Bonchev–Trinajstić information content (AvgIpc) is 3.19. The van der Waals surface area contributed by atoms with Crippen LogP contribution in [0.5, 0.6) is 0 Å². The molecule has 8 nitrogen and oxygen atoms in total. The van der Waals surface area contributed by atoms with Gasteiger partial charge in [-0.15, -0.1) is 0 Å². The molecule has 4 aromatic rings. The number of nitrogens with zero attached hydrogens (tertiary/aromatic N) is 4. The van der Waals surface area contributed by atoms with Gasteiger partial charge in [0.05, 0.1) is 32.6 Å². The number of hydrogen-bond donors (Lipinski definition) is 0. The molecule has 4 rings (SSSR count). The summed E-state index contributed by atoms with van der Waals surface area (Å²) in [6.07, 6.45) is 2.69. The molecule has 0 aliphatic carbocycles. The molecule has 0 spiro atoms. The number of pyridine rings is 2. The normalized spacial score (nSPS) is 11.1. The van der Waals surface area contributed by atoms with E-state index in [1.807, 2.05) is 0 Å². The first-order valence-electron chi connectivity index (χ1n) is 8.33. The molecule has 0 saturated carbocycles. The summed E-state index contributed by atoms with van der Waals surface area (Å²) in [5, 5.41) is 25.7. The van der Waals surface area contributed by atoms with Crippen LogP contribution in [0, 0.1) is 10.4 Å². The SMILES string of the molecule is Cn1sc(-c2ccc[n+]([O-])c2Sc2c(-c3cc(=O)n(C)s3)ccc[n+]2[O-])cc1=O. The van der Waals surface area contributed by atoms with Gasteiger partial charge in [-0.1, -0.05) is 23.1 Å². The molecular formula is C18H14N4O4S3. The van der Waals surface area contributed by atoms with Crippen molar-refractivity contribution in [3.63, 3.8) is 0 Å². The first-order chi connectivity index (χ1) is 13.8. The third-order valence-corrected chi connectivity index (χ3v) is 7.32. The van der Waals surface area contributed by atoms with Crippen molar-refractivity contribution in [3.05, 3.63) is 79.9 Å². The maximum absolute atomic E-state index is 12.6. The van der Waals surface area contributed by atoms with E-state index in [2.05, 4.69) is 0 Å². The minimum absolute atomic E-state index is 0.171. The Kier molecular flexibility index (Phi) is 5.03. The highest BCUT2D eigenvalue weighted by molar-refractivity contribution is 7.99. The van der Waals surface area contributed by atoms with Crippen LogP contribution < -0.4 is 20.6 Å². The molecule has 0 amide bonds. The molecule has 4 heterocycles. The van der Waals surface area contributed by atoms with E-state index in [1.54, 1.807) is 38.4 Å². The van der Waals surface area contributed by atoms with E-state index in [0.717, 1.165) is 11.8 Å². The second-order valence-corrected chi connectivity index (χ2v) is 9.40. The number of aryl methyl sites for hydroxylation is 2. The largest absolute Gasteiger partial charge is 0.618 e. The van der Waals surface area contributed by atoms with Crippen molar-refractivity contribution < 1.29 is 9.46 Å². The van der Waals surface area contributed by atoms with Crippen molar-refractivity contribution in [2.45, 2.75) is 10.1 Å². The Labute approximate surface area is 177 Å². The highest BCUT2D eigenvalue weighted by Gasteiger charge is 2.26. The van der Waals surface area contributed by atoms with Gasteiger partial charge in [0.15, 0.2) is 12.4 Å². The van der Waals surface area contributed by atoms with Gasteiger partial charge in [-0.05, 0) is 12.1 Å². The van der Waals surface area contributed by atoms with Crippen LogP contribution in [-0.2, 0) is 14.1 Å². The van der Waals surface area contributed by atoms with Crippen LogP contribution in [0.2, 0.25) is 0 Å². The molecule has 0 saturated heterocycles. The Morgan fingerprint density at radius 3 is 1.59 bits per heavy atom. The second kappa shape index (κ2) is 7.50. The molecule has 0 aromatic carbocycles. The third-order valence-electron chi connectivity index (χ3n) is 4.15. The summed E-state index contributed by atoms with van der Waals surface area (Å²) >= 11 is 3.45. The quantitative estimate of drug-likeness (QED) is 0.353. The van der Waals surface area contributed by atoms with Gasteiger partial charge in [0.25, 0.3) is 21.2 Å². The van der Waals surface area contributed by atoms with E-state index in [1.165, 1.54) is 55.5 Å². The molecule has 148 valence electrons. The molecule has 0 N–H and O–H groups in total. The summed E-state index contributed by atoms with van der Waals surface area (Å²) in [6.45, 7) is 0. The van der Waals surface area contributed by atoms with E-state index in [0.29, 0.717) is 30.3 Å². The van der Waals surface area contributed by atoms with Crippen LogP contribution in [0.25, 0.3) is 20.9 Å². The fourth-order valence-electron chi connectivity index (χ4n) is 2.71. The van der Waals surface area contributed by atoms with E-state index in [9.17, 15) is 20.0 Å². The summed E-state index contributed by atoms with van der Waals surface area (Å²) < 4.78 is 4.28. The molecule has 0 aliphatic rings. The van der Waals surface area contributed by atoms with Gasteiger partial charge < -0.3 is 10.4 Å². The van der Waals surface area contributed by atoms with Gasteiger partial charge in [-0.25, -0.2) is 0 Å². The molecule has 0 fully saturated rings. The highest BCUT2D eigenvalue weighted by atomic mass is 32.2. The molecule has 0 unspecified atom stereocenters. The lowest BCUT2D eigenvalue weighted by molar-refractivity contribution is -0.651. The van der Waals surface area contributed by atoms with Crippen molar-refractivity contribution in [2.75, 3.05) is 0 Å². The Hall–Kier alpha value is -2.89. The van der Waals surface area contributed by atoms with Crippen LogP contribution in [-0.4, -0.2) is 7.91 Å². The first-order valence-corrected chi connectivity index (χ1v) is 10.7. The zero-order valence-electron chi connectivity index (χ0n) is 15.3. The minimum Gasteiger partial charge on any atom is -0.618 e. The van der Waals surface area contributed by atoms with Gasteiger partial charge in [0.2, 0.25) is 0 Å². The predicted molar refractivity (Wildman–Crippen MR) is 112 cm³/mol. The fourth-order valence-corrected chi connectivity index (χ4v) is 5.61. The Morgan fingerprint density at radius 1 is 0.828 bits per heavy atom. The molecule has 0 bridgehead atoms. The van der Waals surface area contributed by atoms with Gasteiger partial charge >= 0.3 is 0 Å². The van der Waals surface area contributed by atoms with Gasteiger partial charge in [0.1, 0.15) is 0 Å². The van der Waals surface area contributed by atoms with Crippen LogP contribution in [0.3, 0.4) is 0 Å². The highest BCUT2D eigenvalue weighted by Crippen LogP contribution is 2.38. The number of hydrogen-bond acceptors (Lipinski definition) is 7. The molecule has 29 heavy (non-hydrogen) atoms. The van der Waals surface area contributed by atoms with Crippen molar-refractivity contribution >= 4 is 34.8 Å². The van der Waals surface area contributed by atoms with Gasteiger partial charge in [-0.2, -0.15) is 9.46 Å². The Bertz CT molecular complexity index is 1230. The summed E-state index contributed by atoms with van der Waals surface area (Å²) in [6, 6.07) is 9.59. The van der Waals surface area contributed by atoms with E-state index >= 15 is 0 Å². The van der Waals surface area contributed by atoms with E-state index in [4.69, 9.17) is 0 Å². The van der Waals surface area contributed by atoms with E-state index in [-0.39, 0.29) is 21.2 Å². The van der Waals surface area contributed by atoms with Gasteiger partial charge in [0, 0.05) is 38.4 Å².